The van der Waals surface area contributed by atoms with Gasteiger partial charge in [0.15, 0.2) is 0 Å². The molecule has 1 aliphatic heterocycles. The van der Waals surface area contributed by atoms with Gasteiger partial charge in [-0.2, -0.15) is 0 Å². The molecule has 3 nitrogen and oxygen atoms in total. The van der Waals surface area contributed by atoms with E-state index >= 15 is 0 Å². The number of rotatable bonds is 12. The molecular weight excluding hydrogens is 258 g/mol. The number of likely N-dealkylation sites (N-methyl/N-ethyl adjacent to an activating group) is 1. The average Bonchev–Trinajstić information content (AvgIpc) is 2.87. The van der Waals surface area contributed by atoms with Crippen molar-refractivity contribution in [1.29, 1.82) is 0 Å². The quantitative estimate of drug-likeness (QED) is 0.561. The SMILES string of the molecule is CCCCCCCCCC(CN)N(C)CC1CCN(C)C1. The molecule has 1 heterocycles. The predicted octanol–water partition coefficient (Wildman–Crippen LogP) is 3.34. The summed E-state index contributed by atoms with van der Waals surface area (Å²) in [6.45, 7) is 6.85. The second-order valence-corrected chi connectivity index (χ2v) is 7.16. The van der Waals surface area contributed by atoms with Gasteiger partial charge in [0.1, 0.15) is 0 Å². The molecule has 1 aliphatic rings. The summed E-state index contributed by atoms with van der Waals surface area (Å²) in [6.07, 6.45) is 12.4. The van der Waals surface area contributed by atoms with E-state index in [0.29, 0.717) is 6.04 Å². The zero-order valence-electron chi connectivity index (χ0n) is 14.8. The molecular formula is C18H39N3. The second-order valence-electron chi connectivity index (χ2n) is 7.16. The van der Waals surface area contributed by atoms with Gasteiger partial charge in [0, 0.05) is 25.7 Å². The minimum atomic E-state index is 0.589. The van der Waals surface area contributed by atoms with Crippen LogP contribution in [0.3, 0.4) is 0 Å². The summed E-state index contributed by atoms with van der Waals surface area (Å²) in [5.41, 5.74) is 6.00. The van der Waals surface area contributed by atoms with Crippen molar-refractivity contribution in [1.82, 2.24) is 9.80 Å². The van der Waals surface area contributed by atoms with Gasteiger partial charge in [-0.15, -0.1) is 0 Å². The third-order valence-corrected chi connectivity index (χ3v) is 5.07. The van der Waals surface area contributed by atoms with Gasteiger partial charge < -0.3 is 15.5 Å². The normalized spacial score (nSPS) is 21.3. The van der Waals surface area contributed by atoms with Crippen molar-refractivity contribution < 1.29 is 0 Å². The van der Waals surface area contributed by atoms with Crippen LogP contribution in [0.5, 0.6) is 0 Å². The van der Waals surface area contributed by atoms with Crippen molar-refractivity contribution >= 4 is 0 Å². The third-order valence-electron chi connectivity index (χ3n) is 5.07. The van der Waals surface area contributed by atoms with Crippen LogP contribution >= 0.6 is 0 Å². The molecule has 2 unspecified atom stereocenters. The van der Waals surface area contributed by atoms with E-state index in [4.69, 9.17) is 5.73 Å². The van der Waals surface area contributed by atoms with E-state index in [-0.39, 0.29) is 0 Å². The Morgan fingerprint density at radius 1 is 1.14 bits per heavy atom. The zero-order chi connectivity index (χ0) is 15.5. The first-order valence-corrected chi connectivity index (χ1v) is 9.26. The van der Waals surface area contributed by atoms with Crippen LogP contribution in [-0.4, -0.2) is 56.1 Å². The molecule has 2 atom stereocenters. The number of hydrogen-bond acceptors (Lipinski definition) is 3. The van der Waals surface area contributed by atoms with Crippen LogP contribution in [0.2, 0.25) is 0 Å². The lowest BCUT2D eigenvalue weighted by Gasteiger charge is -2.29. The van der Waals surface area contributed by atoms with Crippen molar-refractivity contribution in [2.75, 3.05) is 40.3 Å². The minimum Gasteiger partial charge on any atom is -0.329 e. The lowest BCUT2D eigenvalue weighted by atomic mass is 10.0. The summed E-state index contributed by atoms with van der Waals surface area (Å²) in [6, 6.07) is 0.589. The Hall–Kier alpha value is -0.120. The summed E-state index contributed by atoms with van der Waals surface area (Å²) >= 11 is 0. The summed E-state index contributed by atoms with van der Waals surface area (Å²) in [5, 5.41) is 0. The standard InChI is InChI=1S/C18H39N3/c1-4-5-6-7-8-9-10-11-18(14-19)21(3)16-17-12-13-20(2)15-17/h17-18H,4-16,19H2,1-3H3. The largest absolute Gasteiger partial charge is 0.329 e. The van der Waals surface area contributed by atoms with Gasteiger partial charge >= 0.3 is 0 Å². The lowest BCUT2D eigenvalue weighted by Crippen LogP contribution is -2.41. The van der Waals surface area contributed by atoms with E-state index in [1.807, 2.05) is 0 Å². The van der Waals surface area contributed by atoms with Crippen molar-refractivity contribution in [2.45, 2.75) is 70.8 Å². The molecule has 0 radical (unpaired) electrons. The zero-order valence-corrected chi connectivity index (χ0v) is 14.8. The van der Waals surface area contributed by atoms with Crippen molar-refractivity contribution in [2.24, 2.45) is 11.7 Å². The molecule has 0 saturated carbocycles. The molecule has 0 aromatic heterocycles. The van der Waals surface area contributed by atoms with E-state index in [9.17, 15) is 0 Å². The van der Waals surface area contributed by atoms with Gasteiger partial charge in [-0.1, -0.05) is 51.9 Å². The highest BCUT2D eigenvalue weighted by molar-refractivity contribution is 4.78. The molecule has 0 bridgehead atoms. The minimum absolute atomic E-state index is 0.589. The molecule has 0 aliphatic carbocycles. The first-order valence-electron chi connectivity index (χ1n) is 9.26. The molecule has 3 heteroatoms. The number of hydrogen-bond donors (Lipinski definition) is 1. The maximum absolute atomic E-state index is 6.00. The molecule has 126 valence electrons. The van der Waals surface area contributed by atoms with Crippen LogP contribution in [0.15, 0.2) is 0 Å². The number of nitrogens with zero attached hydrogens (tertiary/aromatic N) is 2. The molecule has 21 heavy (non-hydrogen) atoms. The van der Waals surface area contributed by atoms with Crippen LogP contribution in [0.25, 0.3) is 0 Å². The maximum atomic E-state index is 6.00. The first-order chi connectivity index (χ1) is 10.2. The van der Waals surface area contributed by atoms with Crippen LogP contribution in [-0.2, 0) is 0 Å². The third kappa shape index (κ3) is 8.18. The van der Waals surface area contributed by atoms with Gasteiger partial charge in [-0.25, -0.2) is 0 Å². The van der Waals surface area contributed by atoms with Crippen molar-refractivity contribution in [3.63, 3.8) is 0 Å². The molecule has 0 aromatic carbocycles. The van der Waals surface area contributed by atoms with E-state index in [2.05, 4.69) is 30.8 Å². The van der Waals surface area contributed by atoms with Crippen LogP contribution in [0.4, 0.5) is 0 Å². The fourth-order valence-electron chi connectivity index (χ4n) is 3.59. The lowest BCUT2D eigenvalue weighted by molar-refractivity contribution is 0.198. The van der Waals surface area contributed by atoms with Crippen LogP contribution < -0.4 is 5.73 Å². The van der Waals surface area contributed by atoms with Gasteiger partial charge in [-0.05, 0) is 39.4 Å². The Kier molecular flexibility index (Phi) is 10.3. The first kappa shape index (κ1) is 18.9. The smallest absolute Gasteiger partial charge is 0.0215 e. The second kappa shape index (κ2) is 11.4. The van der Waals surface area contributed by atoms with E-state index in [1.165, 1.54) is 77.4 Å². The van der Waals surface area contributed by atoms with Crippen molar-refractivity contribution in [3.8, 4) is 0 Å². The Balaban J connectivity index is 2.09. The number of nitrogens with two attached hydrogens (primary N) is 1. The molecule has 1 fully saturated rings. The van der Waals surface area contributed by atoms with Crippen LogP contribution in [0, 0.1) is 5.92 Å². The van der Waals surface area contributed by atoms with Gasteiger partial charge in [0.05, 0.1) is 0 Å². The summed E-state index contributed by atoms with van der Waals surface area (Å²) < 4.78 is 0. The van der Waals surface area contributed by atoms with E-state index in [1.54, 1.807) is 0 Å². The summed E-state index contributed by atoms with van der Waals surface area (Å²) in [4.78, 5) is 4.98. The summed E-state index contributed by atoms with van der Waals surface area (Å²) in [7, 11) is 4.51. The molecule has 0 aromatic rings. The highest BCUT2D eigenvalue weighted by Gasteiger charge is 2.23. The van der Waals surface area contributed by atoms with Gasteiger partial charge in [-0.3, -0.25) is 0 Å². The topological polar surface area (TPSA) is 32.5 Å². The molecule has 2 N–H and O–H groups in total. The Labute approximate surface area is 133 Å². The number of likely N-dealkylation sites (tertiary alicyclic amines) is 1. The fourth-order valence-corrected chi connectivity index (χ4v) is 3.59. The molecule has 0 amide bonds. The van der Waals surface area contributed by atoms with Gasteiger partial charge in [0.2, 0.25) is 0 Å². The highest BCUT2D eigenvalue weighted by Crippen LogP contribution is 2.18. The maximum Gasteiger partial charge on any atom is 0.0215 e. The fraction of sp³-hybridized carbons (Fsp3) is 1.00. The summed E-state index contributed by atoms with van der Waals surface area (Å²) in [5.74, 6) is 0.850. The Morgan fingerprint density at radius 2 is 1.81 bits per heavy atom. The Bertz CT molecular complexity index is 245. The number of unbranched alkanes of at least 4 members (excludes halogenated alkanes) is 6. The predicted molar refractivity (Wildman–Crippen MR) is 93.7 cm³/mol. The average molecular weight is 298 g/mol. The Morgan fingerprint density at radius 3 is 2.38 bits per heavy atom. The van der Waals surface area contributed by atoms with E-state index < -0.39 is 0 Å². The highest BCUT2D eigenvalue weighted by atomic mass is 15.2. The molecule has 1 rings (SSSR count). The van der Waals surface area contributed by atoms with Crippen molar-refractivity contribution in [3.05, 3.63) is 0 Å². The van der Waals surface area contributed by atoms with Gasteiger partial charge in [0.25, 0.3) is 0 Å². The monoisotopic (exact) mass is 297 g/mol. The molecule has 0 spiro atoms. The van der Waals surface area contributed by atoms with Crippen LogP contribution in [0.1, 0.15) is 64.7 Å². The van der Waals surface area contributed by atoms with E-state index in [0.717, 1.165) is 12.5 Å². The molecule has 1 saturated heterocycles.